The zero-order valence-corrected chi connectivity index (χ0v) is 10.4. The van der Waals surface area contributed by atoms with Crippen LogP contribution in [0.25, 0.3) is 0 Å². The van der Waals surface area contributed by atoms with Gasteiger partial charge in [-0.15, -0.1) is 0 Å². The number of aromatic nitrogens is 2. The number of ether oxygens (including phenoxy) is 1. The maximum Gasteiger partial charge on any atom is 0.130 e. The van der Waals surface area contributed by atoms with Gasteiger partial charge in [-0.25, -0.2) is 9.97 Å². The molecule has 1 saturated heterocycles. The third kappa shape index (κ3) is 3.75. The third-order valence-corrected chi connectivity index (χ3v) is 3.22. The molecule has 0 aliphatic carbocycles. The standard InChI is InChI=1S/C13H21N3O/c1-2-11(14)6-10-8-15-13(16-9-10)7-12-4-3-5-17-12/h8-9,11-12H,2-7,14H2,1H3. The fraction of sp³-hybridized carbons (Fsp3) is 0.692. The van der Waals surface area contributed by atoms with Crippen LogP contribution in [-0.2, 0) is 17.6 Å². The first-order valence-corrected chi connectivity index (χ1v) is 6.45. The molecule has 0 bridgehead atoms. The minimum atomic E-state index is 0.211. The predicted molar refractivity (Wildman–Crippen MR) is 66.7 cm³/mol. The summed E-state index contributed by atoms with van der Waals surface area (Å²) < 4.78 is 5.57. The van der Waals surface area contributed by atoms with Gasteiger partial charge in [0, 0.05) is 31.5 Å². The van der Waals surface area contributed by atoms with E-state index in [0.717, 1.165) is 50.1 Å². The molecule has 1 aromatic rings. The maximum atomic E-state index is 5.90. The van der Waals surface area contributed by atoms with Crippen LogP contribution in [0.4, 0.5) is 0 Å². The van der Waals surface area contributed by atoms with Crippen LogP contribution in [0.3, 0.4) is 0 Å². The summed E-state index contributed by atoms with van der Waals surface area (Å²) in [4.78, 5) is 8.77. The van der Waals surface area contributed by atoms with Crippen LogP contribution < -0.4 is 5.73 Å². The molecule has 1 fully saturated rings. The number of nitrogens with two attached hydrogens (primary N) is 1. The minimum Gasteiger partial charge on any atom is -0.378 e. The Morgan fingerprint density at radius 1 is 1.47 bits per heavy atom. The molecule has 94 valence electrons. The normalized spacial score (nSPS) is 21.6. The SMILES string of the molecule is CCC(N)Cc1cnc(CC2CCCO2)nc1. The molecular weight excluding hydrogens is 214 g/mol. The van der Waals surface area contributed by atoms with Gasteiger partial charge in [-0.05, 0) is 31.2 Å². The number of hydrogen-bond donors (Lipinski definition) is 1. The summed E-state index contributed by atoms with van der Waals surface area (Å²) in [7, 11) is 0. The van der Waals surface area contributed by atoms with Gasteiger partial charge in [0.2, 0.25) is 0 Å². The summed E-state index contributed by atoms with van der Waals surface area (Å²) in [6.07, 6.45) is 9.08. The summed E-state index contributed by atoms with van der Waals surface area (Å²) in [5.41, 5.74) is 7.02. The van der Waals surface area contributed by atoms with E-state index in [1.54, 1.807) is 0 Å². The molecule has 2 N–H and O–H groups in total. The highest BCUT2D eigenvalue weighted by Gasteiger charge is 2.17. The summed E-state index contributed by atoms with van der Waals surface area (Å²) in [5.74, 6) is 0.880. The number of nitrogens with zero attached hydrogens (tertiary/aromatic N) is 2. The molecule has 2 atom stereocenters. The highest BCUT2D eigenvalue weighted by Crippen LogP contribution is 2.15. The molecule has 2 unspecified atom stereocenters. The van der Waals surface area contributed by atoms with Crippen LogP contribution in [-0.4, -0.2) is 28.7 Å². The summed E-state index contributed by atoms with van der Waals surface area (Å²) >= 11 is 0. The largest absolute Gasteiger partial charge is 0.378 e. The Bertz CT molecular complexity index is 333. The number of rotatable bonds is 5. The molecule has 0 radical (unpaired) electrons. The second kappa shape index (κ2) is 6.07. The Morgan fingerprint density at radius 3 is 2.82 bits per heavy atom. The van der Waals surface area contributed by atoms with E-state index < -0.39 is 0 Å². The maximum absolute atomic E-state index is 5.90. The van der Waals surface area contributed by atoms with Crippen molar-refractivity contribution in [3.63, 3.8) is 0 Å². The Morgan fingerprint density at radius 2 is 2.24 bits per heavy atom. The van der Waals surface area contributed by atoms with Crippen LogP contribution in [0.2, 0.25) is 0 Å². The van der Waals surface area contributed by atoms with E-state index in [0.29, 0.717) is 6.10 Å². The molecular formula is C13H21N3O. The van der Waals surface area contributed by atoms with Crippen LogP contribution in [0.15, 0.2) is 12.4 Å². The third-order valence-electron chi connectivity index (χ3n) is 3.22. The van der Waals surface area contributed by atoms with E-state index in [9.17, 15) is 0 Å². The van der Waals surface area contributed by atoms with Gasteiger partial charge < -0.3 is 10.5 Å². The molecule has 17 heavy (non-hydrogen) atoms. The van der Waals surface area contributed by atoms with E-state index in [1.165, 1.54) is 0 Å². The lowest BCUT2D eigenvalue weighted by molar-refractivity contribution is 0.110. The summed E-state index contributed by atoms with van der Waals surface area (Å²) in [6.45, 7) is 2.98. The van der Waals surface area contributed by atoms with Crippen molar-refractivity contribution in [3.8, 4) is 0 Å². The average molecular weight is 235 g/mol. The second-order valence-electron chi connectivity index (χ2n) is 4.72. The first-order chi connectivity index (χ1) is 8.28. The van der Waals surface area contributed by atoms with Gasteiger partial charge in [0.05, 0.1) is 6.10 Å². The molecule has 4 nitrogen and oxygen atoms in total. The molecule has 1 aromatic heterocycles. The molecule has 1 aliphatic rings. The average Bonchev–Trinajstić information content (AvgIpc) is 2.84. The minimum absolute atomic E-state index is 0.211. The molecule has 0 aromatic carbocycles. The van der Waals surface area contributed by atoms with Crippen molar-refractivity contribution in [2.75, 3.05) is 6.61 Å². The van der Waals surface area contributed by atoms with Crippen molar-refractivity contribution in [3.05, 3.63) is 23.8 Å². The second-order valence-corrected chi connectivity index (χ2v) is 4.72. The van der Waals surface area contributed by atoms with Gasteiger partial charge in [0.15, 0.2) is 0 Å². The van der Waals surface area contributed by atoms with Gasteiger partial charge >= 0.3 is 0 Å². The van der Waals surface area contributed by atoms with Crippen molar-refractivity contribution < 1.29 is 4.74 Å². The first-order valence-electron chi connectivity index (χ1n) is 6.45. The Hall–Kier alpha value is -1.00. The molecule has 1 aliphatic heterocycles. The molecule has 4 heteroatoms. The van der Waals surface area contributed by atoms with Gasteiger partial charge in [0.1, 0.15) is 5.82 Å². The lowest BCUT2D eigenvalue weighted by atomic mass is 10.1. The topological polar surface area (TPSA) is 61.0 Å². The van der Waals surface area contributed by atoms with E-state index in [4.69, 9.17) is 10.5 Å². The van der Waals surface area contributed by atoms with Crippen LogP contribution >= 0.6 is 0 Å². The lowest BCUT2D eigenvalue weighted by Crippen LogP contribution is -2.21. The Kier molecular flexibility index (Phi) is 4.45. The molecule has 2 heterocycles. The fourth-order valence-electron chi connectivity index (χ4n) is 2.05. The molecule has 2 rings (SSSR count). The lowest BCUT2D eigenvalue weighted by Gasteiger charge is -2.10. The molecule has 0 saturated carbocycles. The van der Waals surface area contributed by atoms with Crippen LogP contribution in [0.1, 0.15) is 37.6 Å². The van der Waals surface area contributed by atoms with Gasteiger partial charge in [-0.3, -0.25) is 0 Å². The number of hydrogen-bond acceptors (Lipinski definition) is 4. The highest BCUT2D eigenvalue weighted by atomic mass is 16.5. The summed E-state index contributed by atoms with van der Waals surface area (Å²) in [5, 5.41) is 0. The molecule has 0 spiro atoms. The van der Waals surface area contributed by atoms with E-state index in [1.807, 2.05) is 12.4 Å². The van der Waals surface area contributed by atoms with Crippen molar-refractivity contribution in [2.45, 2.75) is 51.2 Å². The zero-order chi connectivity index (χ0) is 12.1. The van der Waals surface area contributed by atoms with Crippen molar-refractivity contribution in [1.82, 2.24) is 9.97 Å². The predicted octanol–water partition coefficient (Wildman–Crippen LogP) is 1.48. The van der Waals surface area contributed by atoms with Gasteiger partial charge in [-0.2, -0.15) is 0 Å². The van der Waals surface area contributed by atoms with E-state index >= 15 is 0 Å². The van der Waals surface area contributed by atoms with E-state index in [-0.39, 0.29) is 6.04 Å². The highest BCUT2D eigenvalue weighted by molar-refractivity contribution is 5.07. The zero-order valence-electron chi connectivity index (χ0n) is 10.4. The molecule has 0 amide bonds. The fourth-order valence-corrected chi connectivity index (χ4v) is 2.05. The van der Waals surface area contributed by atoms with Crippen molar-refractivity contribution in [2.24, 2.45) is 5.73 Å². The van der Waals surface area contributed by atoms with Crippen molar-refractivity contribution in [1.29, 1.82) is 0 Å². The first kappa shape index (κ1) is 12.5. The van der Waals surface area contributed by atoms with Crippen LogP contribution in [0, 0.1) is 0 Å². The quantitative estimate of drug-likeness (QED) is 0.839. The monoisotopic (exact) mass is 235 g/mol. The van der Waals surface area contributed by atoms with E-state index in [2.05, 4.69) is 16.9 Å². The Balaban J connectivity index is 1.88. The van der Waals surface area contributed by atoms with Gasteiger partial charge in [0.25, 0.3) is 0 Å². The summed E-state index contributed by atoms with van der Waals surface area (Å²) in [6, 6.07) is 0.211. The Labute approximate surface area is 103 Å². The van der Waals surface area contributed by atoms with Gasteiger partial charge in [-0.1, -0.05) is 6.92 Å². The smallest absolute Gasteiger partial charge is 0.130 e. The van der Waals surface area contributed by atoms with Crippen LogP contribution in [0.5, 0.6) is 0 Å². The van der Waals surface area contributed by atoms with Crippen molar-refractivity contribution >= 4 is 0 Å².